The predicted octanol–water partition coefficient (Wildman–Crippen LogP) is 2.12. The molecule has 1 aliphatic rings. The Kier molecular flexibility index (Phi) is 4.57. The van der Waals surface area contributed by atoms with Crippen molar-refractivity contribution < 1.29 is 14.1 Å². The Morgan fingerprint density at radius 1 is 1.33 bits per heavy atom. The van der Waals surface area contributed by atoms with Gasteiger partial charge >= 0.3 is 0 Å². The third kappa shape index (κ3) is 3.40. The normalized spacial score (nSPS) is 17.1. The second-order valence-electron chi connectivity index (χ2n) is 6.47. The van der Waals surface area contributed by atoms with E-state index in [1.807, 2.05) is 17.0 Å². The molecular weight excluding hydrogens is 348 g/mol. The van der Waals surface area contributed by atoms with Crippen molar-refractivity contribution in [3.63, 3.8) is 0 Å². The number of ether oxygens (including phenoxy) is 1. The van der Waals surface area contributed by atoms with Crippen LogP contribution in [0.25, 0.3) is 11.5 Å². The maximum atomic E-state index is 13.0. The van der Waals surface area contributed by atoms with Crippen molar-refractivity contribution in [1.82, 2.24) is 30.0 Å². The fraction of sp³-hybridized carbons (Fsp3) is 0.389. The number of aromatic nitrogens is 5. The summed E-state index contributed by atoms with van der Waals surface area (Å²) in [7, 11) is 1.57. The molecule has 1 unspecified atom stereocenters. The number of methoxy groups -OCH3 is 1. The number of benzene rings is 1. The van der Waals surface area contributed by atoms with Gasteiger partial charge in [0.1, 0.15) is 5.75 Å². The standard InChI is InChI=1S/C18H20N6O3/c1-12-19-17(21-27-12)15-11-24(22-20-15)13-6-5-9-23(10-13)18(25)14-7-3-4-8-16(14)26-2/h3-4,7-8,11,13H,5-6,9-10H2,1-2H3. The number of amides is 1. The third-order valence-corrected chi connectivity index (χ3v) is 4.66. The number of rotatable bonds is 4. The lowest BCUT2D eigenvalue weighted by molar-refractivity contribution is 0.0668. The molecule has 0 spiro atoms. The van der Waals surface area contributed by atoms with Gasteiger partial charge in [-0.05, 0) is 25.0 Å². The summed E-state index contributed by atoms with van der Waals surface area (Å²) in [6.07, 6.45) is 3.61. The van der Waals surface area contributed by atoms with Crippen molar-refractivity contribution in [2.75, 3.05) is 20.2 Å². The molecule has 0 saturated carbocycles. The second kappa shape index (κ2) is 7.18. The Labute approximate surface area is 155 Å². The summed E-state index contributed by atoms with van der Waals surface area (Å²) in [5.41, 5.74) is 1.13. The van der Waals surface area contributed by atoms with Crippen molar-refractivity contribution >= 4 is 5.91 Å². The van der Waals surface area contributed by atoms with Crippen LogP contribution in [0, 0.1) is 6.92 Å². The van der Waals surface area contributed by atoms with Gasteiger partial charge in [0.15, 0.2) is 5.69 Å². The van der Waals surface area contributed by atoms with Crippen molar-refractivity contribution in [3.05, 3.63) is 41.9 Å². The van der Waals surface area contributed by atoms with Crippen LogP contribution in [0.4, 0.5) is 0 Å². The van der Waals surface area contributed by atoms with Gasteiger partial charge in [0.25, 0.3) is 5.91 Å². The number of carbonyl (C=O) groups excluding carboxylic acids is 1. The lowest BCUT2D eigenvalue weighted by Crippen LogP contribution is -2.41. The number of carbonyl (C=O) groups is 1. The van der Waals surface area contributed by atoms with Gasteiger partial charge in [0, 0.05) is 20.0 Å². The minimum absolute atomic E-state index is 0.0359. The highest BCUT2D eigenvalue weighted by Crippen LogP contribution is 2.26. The molecule has 9 nitrogen and oxygen atoms in total. The molecule has 140 valence electrons. The van der Waals surface area contributed by atoms with E-state index in [2.05, 4.69) is 20.5 Å². The second-order valence-corrected chi connectivity index (χ2v) is 6.47. The highest BCUT2D eigenvalue weighted by Gasteiger charge is 2.28. The molecule has 1 aromatic carbocycles. The maximum Gasteiger partial charge on any atom is 0.257 e. The average molecular weight is 368 g/mol. The number of piperidine rings is 1. The average Bonchev–Trinajstić information content (AvgIpc) is 3.36. The highest BCUT2D eigenvalue weighted by atomic mass is 16.5. The van der Waals surface area contributed by atoms with Crippen LogP contribution in [0.3, 0.4) is 0 Å². The minimum Gasteiger partial charge on any atom is -0.496 e. The van der Waals surface area contributed by atoms with Gasteiger partial charge < -0.3 is 14.2 Å². The van der Waals surface area contributed by atoms with Crippen molar-refractivity contribution in [3.8, 4) is 17.3 Å². The Hall–Kier alpha value is -3.23. The summed E-state index contributed by atoms with van der Waals surface area (Å²) in [4.78, 5) is 19.0. The first kappa shape index (κ1) is 17.2. The summed E-state index contributed by atoms with van der Waals surface area (Å²) in [5, 5.41) is 12.2. The lowest BCUT2D eigenvalue weighted by Gasteiger charge is -2.32. The first-order chi connectivity index (χ1) is 13.2. The fourth-order valence-corrected chi connectivity index (χ4v) is 3.31. The number of aryl methyl sites for hydroxylation is 1. The monoisotopic (exact) mass is 368 g/mol. The molecule has 9 heteroatoms. The summed E-state index contributed by atoms with van der Waals surface area (Å²) < 4.78 is 12.1. The van der Waals surface area contributed by atoms with Crippen LogP contribution >= 0.6 is 0 Å². The maximum absolute atomic E-state index is 13.0. The van der Waals surface area contributed by atoms with Crippen LogP contribution in [0.2, 0.25) is 0 Å². The molecule has 2 aromatic heterocycles. The summed E-state index contributed by atoms with van der Waals surface area (Å²) in [6.45, 7) is 2.99. The van der Waals surface area contributed by atoms with Crippen LogP contribution < -0.4 is 4.74 Å². The Morgan fingerprint density at radius 3 is 2.96 bits per heavy atom. The lowest BCUT2D eigenvalue weighted by atomic mass is 10.0. The molecule has 27 heavy (non-hydrogen) atoms. The molecule has 1 aliphatic heterocycles. The van der Waals surface area contributed by atoms with E-state index in [-0.39, 0.29) is 11.9 Å². The van der Waals surface area contributed by atoms with Gasteiger partial charge in [0.2, 0.25) is 11.7 Å². The van der Waals surface area contributed by atoms with Gasteiger partial charge in [-0.2, -0.15) is 4.98 Å². The zero-order valence-electron chi connectivity index (χ0n) is 15.2. The van der Waals surface area contributed by atoms with E-state index in [4.69, 9.17) is 9.26 Å². The van der Waals surface area contributed by atoms with Crippen LogP contribution in [0.15, 0.2) is 35.0 Å². The van der Waals surface area contributed by atoms with Gasteiger partial charge in [-0.1, -0.05) is 22.5 Å². The minimum atomic E-state index is -0.0359. The van der Waals surface area contributed by atoms with E-state index in [1.54, 1.807) is 37.0 Å². The quantitative estimate of drug-likeness (QED) is 0.695. The summed E-state index contributed by atoms with van der Waals surface area (Å²) >= 11 is 0. The van der Waals surface area contributed by atoms with E-state index < -0.39 is 0 Å². The summed E-state index contributed by atoms with van der Waals surface area (Å²) in [5.74, 6) is 1.44. The van der Waals surface area contributed by atoms with Gasteiger partial charge in [-0.3, -0.25) is 4.79 Å². The molecule has 4 rings (SSSR count). The number of nitrogens with zero attached hydrogens (tertiary/aromatic N) is 6. The van der Waals surface area contributed by atoms with Crippen LogP contribution in [0.1, 0.15) is 35.1 Å². The van der Waals surface area contributed by atoms with Crippen LogP contribution in [-0.4, -0.2) is 56.1 Å². The molecule has 1 amide bonds. The molecule has 3 aromatic rings. The Bertz CT molecular complexity index is 950. The number of para-hydroxylation sites is 1. The Balaban J connectivity index is 1.51. The topological polar surface area (TPSA) is 99.2 Å². The van der Waals surface area contributed by atoms with Crippen LogP contribution in [0.5, 0.6) is 5.75 Å². The Morgan fingerprint density at radius 2 is 2.19 bits per heavy atom. The highest BCUT2D eigenvalue weighted by molar-refractivity contribution is 5.97. The number of hydrogen-bond acceptors (Lipinski definition) is 7. The van der Waals surface area contributed by atoms with E-state index in [0.29, 0.717) is 41.8 Å². The molecule has 0 bridgehead atoms. The van der Waals surface area contributed by atoms with Crippen LogP contribution in [-0.2, 0) is 0 Å². The van der Waals surface area contributed by atoms with Gasteiger partial charge in [-0.25, -0.2) is 4.68 Å². The number of hydrogen-bond donors (Lipinski definition) is 0. The number of likely N-dealkylation sites (tertiary alicyclic amines) is 1. The first-order valence-electron chi connectivity index (χ1n) is 8.80. The molecule has 1 saturated heterocycles. The molecule has 3 heterocycles. The SMILES string of the molecule is COc1ccccc1C(=O)N1CCCC(n2cc(-c3noc(C)n3)nn2)C1. The molecular formula is C18H20N6O3. The smallest absolute Gasteiger partial charge is 0.257 e. The van der Waals surface area contributed by atoms with E-state index in [1.165, 1.54) is 0 Å². The van der Waals surface area contributed by atoms with Crippen molar-refractivity contribution in [2.45, 2.75) is 25.8 Å². The first-order valence-corrected chi connectivity index (χ1v) is 8.80. The van der Waals surface area contributed by atoms with E-state index >= 15 is 0 Å². The summed E-state index contributed by atoms with van der Waals surface area (Å²) in [6, 6.07) is 7.33. The predicted molar refractivity (Wildman–Crippen MR) is 95.2 cm³/mol. The molecule has 0 aliphatic carbocycles. The van der Waals surface area contributed by atoms with E-state index in [0.717, 1.165) is 12.8 Å². The fourth-order valence-electron chi connectivity index (χ4n) is 3.31. The zero-order valence-corrected chi connectivity index (χ0v) is 15.2. The molecule has 1 fully saturated rings. The molecule has 0 radical (unpaired) electrons. The zero-order chi connectivity index (χ0) is 18.8. The largest absolute Gasteiger partial charge is 0.496 e. The third-order valence-electron chi connectivity index (χ3n) is 4.66. The van der Waals surface area contributed by atoms with Gasteiger partial charge in [0.05, 0.1) is 24.9 Å². The van der Waals surface area contributed by atoms with E-state index in [9.17, 15) is 4.79 Å². The van der Waals surface area contributed by atoms with Gasteiger partial charge in [-0.15, -0.1) is 5.10 Å². The van der Waals surface area contributed by atoms with Crippen molar-refractivity contribution in [1.29, 1.82) is 0 Å². The van der Waals surface area contributed by atoms with Crippen molar-refractivity contribution in [2.24, 2.45) is 0 Å². The molecule has 0 N–H and O–H groups in total. The molecule has 1 atom stereocenters.